The minimum Gasteiger partial charge on any atom is -0.457 e. The molecule has 36 heavy (non-hydrogen) atoms. The molecule has 190 valence electrons. The first-order valence-corrected chi connectivity index (χ1v) is 12.6. The van der Waals surface area contributed by atoms with Crippen molar-refractivity contribution < 1.29 is 29.4 Å². The molecule has 2 N–H and O–H groups in total. The number of oxime groups is 1. The zero-order valence-electron chi connectivity index (χ0n) is 20.5. The Hall–Kier alpha value is -3.23. The molecule has 1 aliphatic heterocycles. The fourth-order valence-corrected chi connectivity index (χ4v) is 5.81. The Balaban J connectivity index is 1.42. The van der Waals surface area contributed by atoms with Crippen molar-refractivity contribution in [2.24, 2.45) is 34.7 Å². The van der Waals surface area contributed by atoms with Gasteiger partial charge in [0.15, 0.2) is 0 Å². The SMILES string of the molecule is CC(C)CO/N=C1\C[C@@H](O)[C@@H](O)[C@@H]2[C@@H]3C(=O)N(c4cccc(Oc5ccccc5)c4)C(=O)[C@@H]3CC[C@H]12. The van der Waals surface area contributed by atoms with Crippen molar-refractivity contribution in [1.29, 1.82) is 0 Å². The maximum absolute atomic E-state index is 13.7. The van der Waals surface area contributed by atoms with Gasteiger partial charge in [-0.2, -0.15) is 0 Å². The van der Waals surface area contributed by atoms with Crippen molar-refractivity contribution in [1.82, 2.24) is 0 Å². The average molecular weight is 493 g/mol. The standard InChI is InChI=1S/C28H32N2O6/c1-16(2)15-35-29-22-14-23(31)26(32)24-20(22)11-12-21-25(24)28(34)30(27(21)33)17-7-6-10-19(13-17)36-18-8-4-3-5-9-18/h3-10,13,16,20-21,23-26,31-32H,11-12,14-15H2,1-2H3/b29-22+/t20-,21-,23-,24+,25-,26-/m1/s1. The summed E-state index contributed by atoms with van der Waals surface area (Å²) in [6, 6.07) is 16.2. The molecule has 1 heterocycles. The van der Waals surface area contributed by atoms with Crippen LogP contribution in [0.25, 0.3) is 0 Å². The molecule has 8 nitrogen and oxygen atoms in total. The molecular weight excluding hydrogens is 460 g/mol. The van der Waals surface area contributed by atoms with E-state index in [1.54, 1.807) is 24.3 Å². The molecule has 0 aromatic heterocycles. The molecule has 3 aliphatic rings. The number of carbonyl (C=O) groups is 2. The van der Waals surface area contributed by atoms with Gasteiger partial charge in [-0.05, 0) is 43.0 Å². The van der Waals surface area contributed by atoms with Gasteiger partial charge in [0.1, 0.15) is 18.1 Å². The number of aliphatic hydroxyl groups excluding tert-OH is 2. The third kappa shape index (κ3) is 4.51. The summed E-state index contributed by atoms with van der Waals surface area (Å²) in [5.74, 6) is -1.27. The predicted molar refractivity (Wildman–Crippen MR) is 134 cm³/mol. The monoisotopic (exact) mass is 492 g/mol. The van der Waals surface area contributed by atoms with E-state index in [0.717, 1.165) is 0 Å². The number of nitrogens with zero attached hydrogens (tertiary/aromatic N) is 2. The van der Waals surface area contributed by atoms with E-state index in [1.165, 1.54) is 4.90 Å². The highest BCUT2D eigenvalue weighted by Gasteiger charge is 2.60. The van der Waals surface area contributed by atoms with Crippen molar-refractivity contribution in [2.75, 3.05) is 11.5 Å². The third-order valence-electron chi connectivity index (χ3n) is 7.42. The van der Waals surface area contributed by atoms with E-state index in [1.807, 2.05) is 44.2 Å². The summed E-state index contributed by atoms with van der Waals surface area (Å²) in [6.07, 6.45) is -0.868. The molecule has 6 atom stereocenters. The van der Waals surface area contributed by atoms with Gasteiger partial charge in [0.25, 0.3) is 0 Å². The van der Waals surface area contributed by atoms with Crippen molar-refractivity contribution >= 4 is 23.2 Å². The summed E-state index contributed by atoms with van der Waals surface area (Å²) >= 11 is 0. The van der Waals surface area contributed by atoms with E-state index in [2.05, 4.69) is 5.16 Å². The number of rotatable bonds is 6. The van der Waals surface area contributed by atoms with Gasteiger partial charge in [-0.3, -0.25) is 9.59 Å². The van der Waals surface area contributed by atoms with Crippen LogP contribution in [0.4, 0.5) is 5.69 Å². The fraction of sp³-hybridized carbons (Fsp3) is 0.464. The first kappa shape index (κ1) is 24.5. The molecule has 0 unspecified atom stereocenters. The summed E-state index contributed by atoms with van der Waals surface area (Å²) in [6.45, 7) is 4.48. The first-order chi connectivity index (χ1) is 17.3. The molecule has 2 saturated carbocycles. The average Bonchev–Trinajstić information content (AvgIpc) is 3.12. The summed E-state index contributed by atoms with van der Waals surface area (Å²) in [7, 11) is 0. The highest BCUT2D eigenvalue weighted by Crippen LogP contribution is 2.50. The Morgan fingerprint density at radius 1 is 0.972 bits per heavy atom. The van der Waals surface area contributed by atoms with Gasteiger partial charge in [-0.15, -0.1) is 0 Å². The summed E-state index contributed by atoms with van der Waals surface area (Å²) in [5.41, 5.74) is 1.10. The highest BCUT2D eigenvalue weighted by molar-refractivity contribution is 6.22. The second-order valence-corrected chi connectivity index (χ2v) is 10.4. The Morgan fingerprint density at radius 3 is 2.44 bits per heavy atom. The van der Waals surface area contributed by atoms with Crippen LogP contribution < -0.4 is 9.64 Å². The van der Waals surface area contributed by atoms with Crippen molar-refractivity contribution in [3.8, 4) is 11.5 Å². The van der Waals surface area contributed by atoms with Crippen LogP contribution in [0.15, 0.2) is 59.8 Å². The molecule has 0 spiro atoms. The van der Waals surface area contributed by atoms with Gasteiger partial charge in [0.05, 0.1) is 35.4 Å². The van der Waals surface area contributed by atoms with E-state index in [4.69, 9.17) is 9.57 Å². The van der Waals surface area contributed by atoms with Crippen LogP contribution in [0, 0.1) is 29.6 Å². The number of para-hydroxylation sites is 1. The summed E-state index contributed by atoms with van der Waals surface area (Å²) in [4.78, 5) is 33.9. The topological polar surface area (TPSA) is 109 Å². The molecule has 8 heteroatoms. The zero-order valence-corrected chi connectivity index (χ0v) is 20.5. The van der Waals surface area contributed by atoms with Crippen molar-refractivity contribution in [3.63, 3.8) is 0 Å². The molecule has 0 radical (unpaired) electrons. The maximum atomic E-state index is 13.7. The van der Waals surface area contributed by atoms with Crippen LogP contribution in [0.5, 0.6) is 11.5 Å². The number of aliphatic hydroxyl groups is 2. The minimum absolute atomic E-state index is 0.197. The molecule has 2 aliphatic carbocycles. The Bertz CT molecular complexity index is 1150. The van der Waals surface area contributed by atoms with Crippen LogP contribution in [0.3, 0.4) is 0 Å². The molecule has 0 bridgehead atoms. The largest absolute Gasteiger partial charge is 0.457 e. The van der Waals surface area contributed by atoms with Crippen LogP contribution in [0.2, 0.25) is 0 Å². The van der Waals surface area contributed by atoms with Crippen LogP contribution in [-0.4, -0.2) is 46.6 Å². The van der Waals surface area contributed by atoms with Crippen LogP contribution in [-0.2, 0) is 14.4 Å². The van der Waals surface area contributed by atoms with E-state index >= 15 is 0 Å². The van der Waals surface area contributed by atoms with Gasteiger partial charge in [0.2, 0.25) is 11.8 Å². The lowest BCUT2D eigenvalue weighted by molar-refractivity contribution is -0.132. The number of imide groups is 1. The summed E-state index contributed by atoms with van der Waals surface area (Å²) < 4.78 is 5.90. The van der Waals surface area contributed by atoms with Gasteiger partial charge in [-0.25, -0.2) is 4.90 Å². The van der Waals surface area contributed by atoms with Crippen molar-refractivity contribution in [3.05, 3.63) is 54.6 Å². The second-order valence-electron chi connectivity index (χ2n) is 10.4. The maximum Gasteiger partial charge on any atom is 0.238 e. The molecule has 2 amide bonds. The highest BCUT2D eigenvalue weighted by atomic mass is 16.6. The third-order valence-corrected chi connectivity index (χ3v) is 7.42. The quantitative estimate of drug-likeness (QED) is 0.470. The zero-order chi connectivity index (χ0) is 25.4. The number of benzene rings is 2. The number of amides is 2. The van der Waals surface area contributed by atoms with Crippen molar-refractivity contribution in [2.45, 2.75) is 45.3 Å². The Labute approximate surface area is 210 Å². The number of carbonyl (C=O) groups excluding carboxylic acids is 2. The minimum atomic E-state index is -1.11. The molecule has 3 fully saturated rings. The van der Waals surface area contributed by atoms with Gasteiger partial charge < -0.3 is 19.8 Å². The van der Waals surface area contributed by atoms with E-state index in [9.17, 15) is 19.8 Å². The van der Waals surface area contributed by atoms with E-state index < -0.39 is 30.0 Å². The Kier molecular flexibility index (Phi) is 6.81. The van der Waals surface area contributed by atoms with Gasteiger partial charge in [-0.1, -0.05) is 43.3 Å². The van der Waals surface area contributed by atoms with Crippen LogP contribution in [0.1, 0.15) is 33.1 Å². The number of ether oxygens (including phenoxy) is 1. The number of hydrogen-bond acceptors (Lipinski definition) is 7. The first-order valence-electron chi connectivity index (χ1n) is 12.6. The molecule has 2 aromatic carbocycles. The number of fused-ring (bicyclic) bond motifs is 3. The van der Waals surface area contributed by atoms with Gasteiger partial charge in [0, 0.05) is 24.3 Å². The Morgan fingerprint density at radius 2 is 1.69 bits per heavy atom. The molecule has 2 aromatic rings. The molecule has 1 saturated heterocycles. The molecule has 5 rings (SSSR count). The summed E-state index contributed by atoms with van der Waals surface area (Å²) in [5, 5.41) is 25.9. The molecular formula is C28H32N2O6. The lowest BCUT2D eigenvalue weighted by atomic mass is 9.60. The predicted octanol–water partition coefficient (Wildman–Crippen LogP) is 3.76. The van der Waals surface area contributed by atoms with E-state index in [-0.39, 0.29) is 24.2 Å². The van der Waals surface area contributed by atoms with Gasteiger partial charge >= 0.3 is 0 Å². The lowest BCUT2D eigenvalue weighted by Crippen LogP contribution is -2.54. The normalized spacial score (nSPS) is 30.9. The number of anilines is 1. The smallest absolute Gasteiger partial charge is 0.238 e. The number of hydrogen-bond donors (Lipinski definition) is 2. The fourth-order valence-electron chi connectivity index (χ4n) is 5.81. The second kappa shape index (κ2) is 10.0. The lowest BCUT2D eigenvalue weighted by Gasteiger charge is -2.45. The van der Waals surface area contributed by atoms with E-state index in [0.29, 0.717) is 48.3 Å². The van der Waals surface area contributed by atoms with Crippen LogP contribution >= 0.6 is 0 Å².